The Morgan fingerprint density at radius 2 is 1.68 bits per heavy atom. The maximum atomic E-state index is 11.8. The molecule has 2 rings (SSSR count). The maximum absolute atomic E-state index is 11.8. The number of benzene rings is 2. The second-order valence-corrected chi connectivity index (χ2v) is 5.02. The highest BCUT2D eigenvalue weighted by molar-refractivity contribution is 5.88. The van der Waals surface area contributed by atoms with Crippen molar-refractivity contribution >= 4 is 17.6 Å². The second-order valence-electron chi connectivity index (χ2n) is 5.02. The third-order valence-electron chi connectivity index (χ3n) is 3.10. The van der Waals surface area contributed by atoms with Crippen LogP contribution >= 0.6 is 0 Å². The molecule has 0 fully saturated rings. The monoisotopic (exact) mass is 297 g/mol. The van der Waals surface area contributed by atoms with Crippen LogP contribution < -0.4 is 10.1 Å². The Morgan fingerprint density at radius 3 is 2.32 bits per heavy atom. The molecule has 2 aromatic carbocycles. The van der Waals surface area contributed by atoms with E-state index < -0.39 is 0 Å². The molecule has 0 aliphatic heterocycles. The Bertz CT molecular complexity index is 621. The lowest BCUT2D eigenvalue weighted by Crippen LogP contribution is -2.08. The number of ether oxygens (including phenoxy) is 1. The molecule has 0 aliphatic rings. The Balaban J connectivity index is 1.75. The molecule has 0 saturated heterocycles. The number of carbonyl (C=O) groups is 2. The number of carbonyl (C=O) groups excluding carboxylic acids is 2. The van der Waals surface area contributed by atoms with E-state index in [1.165, 1.54) is 12.5 Å². The van der Waals surface area contributed by atoms with E-state index in [2.05, 4.69) is 5.32 Å². The van der Waals surface area contributed by atoms with Gasteiger partial charge in [0, 0.05) is 19.0 Å². The van der Waals surface area contributed by atoms with Crippen molar-refractivity contribution in [2.45, 2.75) is 26.2 Å². The van der Waals surface area contributed by atoms with Gasteiger partial charge in [0.05, 0.1) is 0 Å². The van der Waals surface area contributed by atoms with Crippen molar-refractivity contribution in [1.29, 1.82) is 0 Å². The second kappa shape index (κ2) is 7.98. The molecule has 0 bridgehead atoms. The highest BCUT2D eigenvalue weighted by atomic mass is 16.5. The standard InChI is InChI=1S/C18H19NO3/c1-14(20)19-16-10-12-17(13-11-16)22-18(21)9-5-8-15-6-3-2-4-7-15/h2-4,6-7,10-13H,5,8-9H2,1H3,(H,19,20). The highest BCUT2D eigenvalue weighted by Crippen LogP contribution is 2.16. The van der Waals surface area contributed by atoms with E-state index in [0.717, 1.165) is 12.8 Å². The number of hydrogen-bond donors (Lipinski definition) is 1. The molecule has 0 atom stereocenters. The van der Waals surface area contributed by atoms with Crippen LogP contribution in [0.5, 0.6) is 5.75 Å². The van der Waals surface area contributed by atoms with E-state index in [4.69, 9.17) is 4.74 Å². The summed E-state index contributed by atoms with van der Waals surface area (Å²) < 4.78 is 5.26. The zero-order valence-electron chi connectivity index (χ0n) is 12.5. The van der Waals surface area contributed by atoms with Crippen molar-refractivity contribution in [2.24, 2.45) is 0 Å². The fraction of sp³-hybridized carbons (Fsp3) is 0.222. The molecule has 4 heteroatoms. The molecule has 0 heterocycles. The normalized spacial score (nSPS) is 10.0. The van der Waals surface area contributed by atoms with Crippen LogP contribution in [0.25, 0.3) is 0 Å². The van der Waals surface area contributed by atoms with E-state index in [0.29, 0.717) is 17.9 Å². The minimum absolute atomic E-state index is 0.134. The van der Waals surface area contributed by atoms with E-state index in [-0.39, 0.29) is 11.9 Å². The van der Waals surface area contributed by atoms with E-state index in [1.807, 2.05) is 30.3 Å². The van der Waals surface area contributed by atoms with Gasteiger partial charge in [-0.1, -0.05) is 30.3 Å². The molecular weight excluding hydrogens is 278 g/mol. The first-order valence-corrected chi connectivity index (χ1v) is 7.26. The molecule has 0 aliphatic carbocycles. The summed E-state index contributed by atoms with van der Waals surface area (Å²) in [6.07, 6.45) is 1.99. The van der Waals surface area contributed by atoms with Gasteiger partial charge in [0.15, 0.2) is 0 Å². The maximum Gasteiger partial charge on any atom is 0.311 e. The van der Waals surface area contributed by atoms with Gasteiger partial charge in [0.1, 0.15) is 5.75 Å². The number of esters is 1. The largest absolute Gasteiger partial charge is 0.427 e. The Labute approximate surface area is 130 Å². The molecule has 0 saturated carbocycles. The van der Waals surface area contributed by atoms with Gasteiger partial charge in [-0.25, -0.2) is 0 Å². The van der Waals surface area contributed by atoms with Crippen LogP contribution in [0.3, 0.4) is 0 Å². The highest BCUT2D eigenvalue weighted by Gasteiger charge is 2.05. The van der Waals surface area contributed by atoms with Crippen LogP contribution in [0, 0.1) is 0 Å². The van der Waals surface area contributed by atoms with Crippen molar-refractivity contribution in [3.8, 4) is 5.75 Å². The van der Waals surface area contributed by atoms with Gasteiger partial charge in [0.25, 0.3) is 0 Å². The van der Waals surface area contributed by atoms with Crippen molar-refractivity contribution in [3.05, 3.63) is 60.2 Å². The number of nitrogens with one attached hydrogen (secondary N) is 1. The van der Waals surface area contributed by atoms with Gasteiger partial charge in [-0.2, -0.15) is 0 Å². The molecule has 22 heavy (non-hydrogen) atoms. The topological polar surface area (TPSA) is 55.4 Å². The lowest BCUT2D eigenvalue weighted by atomic mass is 10.1. The first kappa shape index (κ1) is 15.8. The van der Waals surface area contributed by atoms with E-state index >= 15 is 0 Å². The molecule has 2 aromatic rings. The number of aryl methyl sites for hydroxylation is 1. The molecule has 4 nitrogen and oxygen atoms in total. The molecule has 0 spiro atoms. The minimum Gasteiger partial charge on any atom is -0.427 e. The number of anilines is 1. The Morgan fingerprint density at radius 1 is 1.00 bits per heavy atom. The van der Waals surface area contributed by atoms with Crippen molar-refractivity contribution < 1.29 is 14.3 Å². The number of amides is 1. The molecule has 0 radical (unpaired) electrons. The van der Waals surface area contributed by atoms with Crippen molar-refractivity contribution in [1.82, 2.24) is 0 Å². The summed E-state index contributed by atoms with van der Waals surface area (Å²) in [7, 11) is 0. The zero-order chi connectivity index (χ0) is 15.8. The summed E-state index contributed by atoms with van der Waals surface area (Å²) in [6, 6.07) is 16.8. The summed E-state index contributed by atoms with van der Waals surface area (Å²) in [5.74, 6) is 0.104. The van der Waals surface area contributed by atoms with Gasteiger partial charge >= 0.3 is 5.97 Å². The van der Waals surface area contributed by atoms with Crippen LogP contribution in [0.15, 0.2) is 54.6 Å². The molecule has 1 N–H and O–H groups in total. The van der Waals surface area contributed by atoms with Crippen LogP contribution in [0.4, 0.5) is 5.69 Å². The quantitative estimate of drug-likeness (QED) is 0.655. The fourth-order valence-corrected chi connectivity index (χ4v) is 2.07. The van der Waals surface area contributed by atoms with Gasteiger partial charge in [0.2, 0.25) is 5.91 Å². The molecule has 114 valence electrons. The van der Waals surface area contributed by atoms with Crippen molar-refractivity contribution in [2.75, 3.05) is 5.32 Å². The Kier molecular flexibility index (Phi) is 5.72. The lowest BCUT2D eigenvalue weighted by Gasteiger charge is -2.06. The van der Waals surface area contributed by atoms with E-state index in [1.54, 1.807) is 24.3 Å². The SMILES string of the molecule is CC(=O)Nc1ccc(OC(=O)CCCc2ccccc2)cc1. The van der Waals surface area contributed by atoms with Gasteiger partial charge in [-0.3, -0.25) is 9.59 Å². The van der Waals surface area contributed by atoms with Gasteiger partial charge < -0.3 is 10.1 Å². The van der Waals surface area contributed by atoms with Crippen molar-refractivity contribution in [3.63, 3.8) is 0 Å². The summed E-state index contributed by atoms with van der Waals surface area (Å²) >= 11 is 0. The van der Waals surface area contributed by atoms with Crippen LogP contribution in [0.2, 0.25) is 0 Å². The first-order chi connectivity index (χ1) is 10.6. The Hall–Kier alpha value is -2.62. The average molecular weight is 297 g/mol. The third-order valence-corrected chi connectivity index (χ3v) is 3.10. The molecule has 0 unspecified atom stereocenters. The van der Waals surface area contributed by atoms with Crippen LogP contribution in [-0.2, 0) is 16.0 Å². The number of hydrogen-bond acceptors (Lipinski definition) is 3. The fourth-order valence-electron chi connectivity index (χ4n) is 2.07. The van der Waals surface area contributed by atoms with Crippen LogP contribution in [0.1, 0.15) is 25.3 Å². The van der Waals surface area contributed by atoms with E-state index in [9.17, 15) is 9.59 Å². The van der Waals surface area contributed by atoms with Gasteiger partial charge in [-0.15, -0.1) is 0 Å². The van der Waals surface area contributed by atoms with Gasteiger partial charge in [-0.05, 0) is 42.7 Å². The lowest BCUT2D eigenvalue weighted by molar-refractivity contribution is -0.134. The van der Waals surface area contributed by atoms with Crippen LogP contribution in [-0.4, -0.2) is 11.9 Å². The summed E-state index contributed by atoms with van der Waals surface area (Å²) in [5.41, 5.74) is 1.89. The molecule has 1 amide bonds. The zero-order valence-corrected chi connectivity index (χ0v) is 12.5. The summed E-state index contributed by atoms with van der Waals surface area (Å²) in [4.78, 5) is 22.7. The third kappa shape index (κ3) is 5.40. The first-order valence-electron chi connectivity index (χ1n) is 7.26. The average Bonchev–Trinajstić information content (AvgIpc) is 2.50. The molecule has 0 aromatic heterocycles. The number of rotatable bonds is 6. The smallest absolute Gasteiger partial charge is 0.311 e. The molecular formula is C18H19NO3. The summed E-state index contributed by atoms with van der Waals surface area (Å²) in [5, 5.41) is 2.66. The minimum atomic E-state index is -0.247. The predicted octanol–water partition coefficient (Wildman–Crippen LogP) is 3.57. The predicted molar refractivity (Wildman–Crippen MR) is 85.8 cm³/mol. The summed E-state index contributed by atoms with van der Waals surface area (Å²) in [6.45, 7) is 1.45.